The van der Waals surface area contributed by atoms with Gasteiger partial charge in [-0.1, -0.05) is 5.16 Å². The van der Waals surface area contributed by atoms with Crippen LogP contribution in [0.2, 0.25) is 0 Å². The number of hydrogen-bond donors (Lipinski definition) is 2. The van der Waals surface area contributed by atoms with Gasteiger partial charge in [0.25, 0.3) is 0 Å². The second kappa shape index (κ2) is 4.59. The molecule has 82 valence electrons. The van der Waals surface area contributed by atoms with Crippen LogP contribution in [0.5, 0.6) is 0 Å². The van der Waals surface area contributed by atoms with Gasteiger partial charge in [0.2, 0.25) is 5.91 Å². The maximum atomic E-state index is 11.3. The van der Waals surface area contributed by atoms with Gasteiger partial charge in [0, 0.05) is 5.56 Å². The lowest BCUT2D eigenvalue weighted by Crippen LogP contribution is -2.30. The molecule has 1 rings (SSSR count). The molecule has 0 fully saturated rings. The van der Waals surface area contributed by atoms with E-state index < -0.39 is 5.97 Å². The monoisotopic (exact) mass is 212 g/mol. The second-order valence-corrected chi connectivity index (χ2v) is 3.15. The Morgan fingerprint density at radius 3 is 2.60 bits per heavy atom. The van der Waals surface area contributed by atoms with E-state index in [1.165, 1.54) is 0 Å². The maximum Gasteiger partial charge on any atom is 0.322 e. The number of hydrogen-bond acceptors (Lipinski definition) is 4. The molecule has 0 unspecified atom stereocenters. The summed E-state index contributed by atoms with van der Waals surface area (Å²) in [6, 6.07) is 0. The third kappa shape index (κ3) is 3.08. The van der Waals surface area contributed by atoms with Crippen molar-refractivity contribution in [3.8, 4) is 0 Å². The molecule has 0 aliphatic rings. The first-order valence-electron chi connectivity index (χ1n) is 4.41. The largest absolute Gasteiger partial charge is 0.480 e. The highest BCUT2D eigenvalue weighted by Crippen LogP contribution is 2.12. The van der Waals surface area contributed by atoms with Crippen LogP contribution in [-0.4, -0.2) is 28.7 Å². The standard InChI is InChI=1S/C9H12N2O4/c1-5-7(6(2)15-11-5)3-8(12)10-4-9(13)14/h3-4H2,1-2H3,(H,10,12)(H,13,14). The van der Waals surface area contributed by atoms with E-state index in [-0.39, 0.29) is 18.9 Å². The Bertz CT molecular complexity index is 364. The van der Waals surface area contributed by atoms with Gasteiger partial charge in [-0.05, 0) is 13.8 Å². The predicted octanol–water partition coefficient (Wildman–Crippen LogP) is 0.0347. The van der Waals surface area contributed by atoms with E-state index in [1.807, 2.05) is 0 Å². The van der Waals surface area contributed by atoms with Crippen molar-refractivity contribution in [3.63, 3.8) is 0 Å². The molecule has 2 N–H and O–H groups in total. The first kappa shape index (κ1) is 11.2. The number of rotatable bonds is 4. The Morgan fingerprint density at radius 2 is 2.13 bits per heavy atom. The molecule has 1 aromatic heterocycles. The number of carboxylic acids is 1. The van der Waals surface area contributed by atoms with Gasteiger partial charge >= 0.3 is 5.97 Å². The van der Waals surface area contributed by atoms with Crippen LogP contribution >= 0.6 is 0 Å². The molecule has 0 bridgehead atoms. The van der Waals surface area contributed by atoms with Crippen molar-refractivity contribution < 1.29 is 19.2 Å². The minimum Gasteiger partial charge on any atom is -0.480 e. The third-order valence-corrected chi connectivity index (χ3v) is 1.96. The Balaban J connectivity index is 2.55. The van der Waals surface area contributed by atoms with Crippen molar-refractivity contribution >= 4 is 11.9 Å². The molecule has 0 saturated heterocycles. The topological polar surface area (TPSA) is 92.4 Å². The average Bonchev–Trinajstić information content (AvgIpc) is 2.46. The molecule has 0 aliphatic heterocycles. The molecular weight excluding hydrogens is 200 g/mol. The molecule has 0 atom stereocenters. The van der Waals surface area contributed by atoms with Crippen LogP contribution in [0.1, 0.15) is 17.0 Å². The molecule has 6 heteroatoms. The SMILES string of the molecule is Cc1noc(C)c1CC(=O)NCC(=O)O. The fourth-order valence-electron chi connectivity index (χ4n) is 1.15. The summed E-state index contributed by atoms with van der Waals surface area (Å²) in [6.07, 6.45) is 0.0917. The van der Waals surface area contributed by atoms with E-state index >= 15 is 0 Å². The van der Waals surface area contributed by atoms with Gasteiger partial charge in [-0.3, -0.25) is 9.59 Å². The predicted molar refractivity (Wildman–Crippen MR) is 50.3 cm³/mol. The summed E-state index contributed by atoms with van der Waals surface area (Å²) in [5, 5.41) is 14.3. The first-order valence-corrected chi connectivity index (χ1v) is 4.41. The summed E-state index contributed by atoms with van der Waals surface area (Å²) < 4.78 is 4.88. The van der Waals surface area contributed by atoms with Gasteiger partial charge in [0.15, 0.2) is 0 Å². The Kier molecular flexibility index (Phi) is 3.43. The van der Waals surface area contributed by atoms with Crippen LogP contribution in [-0.2, 0) is 16.0 Å². The number of nitrogens with one attached hydrogen (secondary N) is 1. The fraction of sp³-hybridized carbons (Fsp3) is 0.444. The zero-order valence-electron chi connectivity index (χ0n) is 8.53. The lowest BCUT2D eigenvalue weighted by atomic mass is 10.1. The summed E-state index contributed by atoms with van der Waals surface area (Å²) in [7, 11) is 0. The van der Waals surface area contributed by atoms with Gasteiger partial charge < -0.3 is 14.9 Å². The van der Waals surface area contributed by atoms with Crippen LogP contribution in [0.15, 0.2) is 4.52 Å². The molecule has 0 saturated carbocycles. The van der Waals surface area contributed by atoms with Crippen molar-refractivity contribution in [1.29, 1.82) is 0 Å². The van der Waals surface area contributed by atoms with Crippen molar-refractivity contribution in [2.75, 3.05) is 6.54 Å². The van der Waals surface area contributed by atoms with Gasteiger partial charge in [-0.25, -0.2) is 0 Å². The fourth-order valence-corrected chi connectivity index (χ4v) is 1.15. The summed E-state index contributed by atoms with van der Waals surface area (Å²) >= 11 is 0. The molecular formula is C9H12N2O4. The third-order valence-electron chi connectivity index (χ3n) is 1.96. The average molecular weight is 212 g/mol. The summed E-state index contributed by atoms with van der Waals surface area (Å²) in [4.78, 5) is 21.5. The molecule has 1 heterocycles. The second-order valence-electron chi connectivity index (χ2n) is 3.15. The zero-order valence-corrected chi connectivity index (χ0v) is 8.53. The normalized spacial score (nSPS) is 10.0. The van der Waals surface area contributed by atoms with Crippen molar-refractivity contribution in [3.05, 3.63) is 17.0 Å². The number of amides is 1. The van der Waals surface area contributed by atoms with Crippen molar-refractivity contribution in [1.82, 2.24) is 10.5 Å². The number of aryl methyl sites for hydroxylation is 2. The molecule has 6 nitrogen and oxygen atoms in total. The molecule has 0 aromatic carbocycles. The van der Waals surface area contributed by atoms with Crippen LogP contribution in [0, 0.1) is 13.8 Å². The number of carboxylic acid groups (broad SMARTS) is 1. The first-order chi connectivity index (χ1) is 7.00. The number of carbonyl (C=O) groups excluding carboxylic acids is 1. The highest BCUT2D eigenvalue weighted by Gasteiger charge is 2.13. The highest BCUT2D eigenvalue weighted by molar-refractivity contribution is 5.83. The molecule has 0 spiro atoms. The van der Waals surface area contributed by atoms with E-state index in [9.17, 15) is 9.59 Å². The van der Waals surface area contributed by atoms with Gasteiger partial charge in [0.05, 0.1) is 12.1 Å². The van der Waals surface area contributed by atoms with Crippen LogP contribution < -0.4 is 5.32 Å². The van der Waals surface area contributed by atoms with Crippen LogP contribution in [0.25, 0.3) is 0 Å². The lowest BCUT2D eigenvalue weighted by molar-refractivity contribution is -0.137. The molecule has 1 amide bonds. The summed E-state index contributed by atoms with van der Waals surface area (Å²) in [6.45, 7) is 3.07. The maximum absolute atomic E-state index is 11.3. The number of aromatic nitrogens is 1. The van der Waals surface area contributed by atoms with E-state index in [0.29, 0.717) is 17.0 Å². The molecule has 15 heavy (non-hydrogen) atoms. The van der Waals surface area contributed by atoms with E-state index in [4.69, 9.17) is 9.63 Å². The van der Waals surface area contributed by atoms with E-state index in [0.717, 1.165) is 0 Å². The minimum absolute atomic E-state index is 0.0917. The van der Waals surface area contributed by atoms with Crippen molar-refractivity contribution in [2.24, 2.45) is 0 Å². The van der Waals surface area contributed by atoms with Crippen molar-refractivity contribution in [2.45, 2.75) is 20.3 Å². The summed E-state index contributed by atoms with van der Waals surface area (Å²) in [5.41, 5.74) is 1.36. The lowest BCUT2D eigenvalue weighted by Gasteiger charge is -2.01. The smallest absolute Gasteiger partial charge is 0.322 e. The van der Waals surface area contributed by atoms with Gasteiger partial charge in [0.1, 0.15) is 12.3 Å². The Hall–Kier alpha value is -1.85. The Labute approximate surface area is 86.3 Å². The molecule has 0 aliphatic carbocycles. The number of aliphatic carboxylic acids is 1. The number of carbonyl (C=O) groups is 2. The summed E-state index contributed by atoms with van der Waals surface area (Å²) in [5.74, 6) is -0.841. The number of nitrogens with zero attached hydrogens (tertiary/aromatic N) is 1. The quantitative estimate of drug-likeness (QED) is 0.734. The van der Waals surface area contributed by atoms with Crippen LogP contribution in [0.4, 0.5) is 0 Å². The molecule has 1 aromatic rings. The van der Waals surface area contributed by atoms with Crippen LogP contribution in [0.3, 0.4) is 0 Å². The van der Waals surface area contributed by atoms with E-state index in [1.54, 1.807) is 13.8 Å². The van der Waals surface area contributed by atoms with Gasteiger partial charge in [-0.2, -0.15) is 0 Å². The zero-order chi connectivity index (χ0) is 11.4. The van der Waals surface area contributed by atoms with Gasteiger partial charge in [-0.15, -0.1) is 0 Å². The highest BCUT2D eigenvalue weighted by atomic mass is 16.5. The van der Waals surface area contributed by atoms with E-state index in [2.05, 4.69) is 10.5 Å². The molecule has 0 radical (unpaired) electrons. The minimum atomic E-state index is -1.07. The Morgan fingerprint density at radius 1 is 1.47 bits per heavy atom.